The minimum absolute atomic E-state index is 0.0988. The minimum Gasteiger partial charge on any atom is -0.477 e. The highest BCUT2D eigenvalue weighted by Gasteiger charge is 2.13. The van der Waals surface area contributed by atoms with Crippen molar-refractivity contribution in [3.05, 3.63) is 54.2 Å². The van der Waals surface area contributed by atoms with Gasteiger partial charge in [0.2, 0.25) is 0 Å². The molecule has 5 nitrogen and oxygen atoms in total. The van der Waals surface area contributed by atoms with E-state index in [1.165, 1.54) is 6.07 Å². The fourth-order valence-corrected chi connectivity index (χ4v) is 3.07. The molecule has 0 aliphatic rings. The van der Waals surface area contributed by atoms with Crippen LogP contribution >= 0.6 is 0 Å². The molecule has 0 bridgehead atoms. The molecule has 1 heterocycles. The van der Waals surface area contributed by atoms with Gasteiger partial charge in [0.15, 0.2) is 9.84 Å². The molecule has 6 heteroatoms. The number of benzene rings is 2. The maximum Gasteiger partial charge on any atom is 0.352 e. The van der Waals surface area contributed by atoms with Crippen LogP contribution in [0.2, 0.25) is 0 Å². The van der Waals surface area contributed by atoms with Crippen LogP contribution in [0.4, 0.5) is 0 Å². The largest absolute Gasteiger partial charge is 0.477 e. The van der Waals surface area contributed by atoms with Crippen LogP contribution < -0.4 is 0 Å². The summed E-state index contributed by atoms with van der Waals surface area (Å²) in [4.78, 5) is 14.2. The number of H-pyrrole nitrogens is 1. The van der Waals surface area contributed by atoms with Crippen LogP contribution in [0, 0.1) is 0 Å². The van der Waals surface area contributed by atoms with Crippen molar-refractivity contribution in [1.82, 2.24) is 4.98 Å². The third-order valence-corrected chi connectivity index (χ3v) is 4.57. The predicted molar refractivity (Wildman–Crippen MR) is 83.8 cm³/mol. The minimum atomic E-state index is -3.30. The number of aromatic nitrogens is 1. The van der Waals surface area contributed by atoms with Crippen LogP contribution in [-0.2, 0) is 9.84 Å². The molecule has 0 saturated carbocycles. The van der Waals surface area contributed by atoms with Gasteiger partial charge >= 0.3 is 5.97 Å². The summed E-state index contributed by atoms with van der Waals surface area (Å²) < 4.78 is 23.4. The summed E-state index contributed by atoms with van der Waals surface area (Å²) >= 11 is 0. The van der Waals surface area contributed by atoms with Gasteiger partial charge in [-0.1, -0.05) is 30.3 Å². The van der Waals surface area contributed by atoms with Crippen molar-refractivity contribution in [3.63, 3.8) is 0 Å². The average Bonchev–Trinajstić information content (AvgIpc) is 2.90. The second kappa shape index (κ2) is 4.99. The highest BCUT2D eigenvalue weighted by Crippen LogP contribution is 2.30. The number of aromatic carboxylic acids is 1. The SMILES string of the molecule is CS(=O)(=O)c1cccc(-c2cccc3cc(C(=O)O)[nH]c23)c1. The van der Waals surface area contributed by atoms with Gasteiger partial charge in [0, 0.05) is 17.2 Å². The number of aromatic amines is 1. The van der Waals surface area contributed by atoms with Crippen molar-refractivity contribution in [2.75, 3.05) is 6.26 Å². The summed E-state index contributed by atoms with van der Waals surface area (Å²) in [6.45, 7) is 0. The van der Waals surface area contributed by atoms with Gasteiger partial charge in [-0.05, 0) is 23.8 Å². The number of hydrogen-bond donors (Lipinski definition) is 2. The molecule has 0 aliphatic carbocycles. The van der Waals surface area contributed by atoms with Crippen LogP contribution in [0.1, 0.15) is 10.5 Å². The second-order valence-electron chi connectivity index (χ2n) is 5.06. The van der Waals surface area contributed by atoms with Crippen molar-refractivity contribution >= 4 is 26.7 Å². The van der Waals surface area contributed by atoms with E-state index in [1.54, 1.807) is 24.3 Å². The third-order valence-electron chi connectivity index (χ3n) is 3.46. The Bertz CT molecular complexity index is 986. The maximum absolute atomic E-state index is 11.7. The van der Waals surface area contributed by atoms with E-state index in [1.807, 2.05) is 18.2 Å². The molecule has 0 unspecified atom stereocenters. The molecule has 0 fully saturated rings. The monoisotopic (exact) mass is 315 g/mol. The summed E-state index contributed by atoms with van der Waals surface area (Å²) in [5, 5.41) is 9.85. The number of sulfone groups is 1. The number of fused-ring (bicyclic) bond motifs is 1. The van der Waals surface area contributed by atoms with E-state index in [4.69, 9.17) is 5.11 Å². The van der Waals surface area contributed by atoms with E-state index in [2.05, 4.69) is 4.98 Å². The Hall–Kier alpha value is -2.60. The molecular formula is C16H13NO4S. The molecule has 0 amide bonds. The Morgan fingerprint density at radius 2 is 1.82 bits per heavy atom. The van der Waals surface area contributed by atoms with Crippen molar-refractivity contribution in [2.45, 2.75) is 4.90 Å². The van der Waals surface area contributed by atoms with E-state index in [9.17, 15) is 13.2 Å². The first-order valence-electron chi connectivity index (χ1n) is 6.52. The Kier molecular flexibility index (Phi) is 3.26. The molecule has 3 rings (SSSR count). The standard InChI is InChI=1S/C16H13NO4S/c1-22(20,21)12-6-2-4-10(8-12)13-7-3-5-11-9-14(16(18)19)17-15(11)13/h2-9,17H,1H3,(H,18,19). The molecule has 3 aromatic rings. The topological polar surface area (TPSA) is 87.2 Å². The van der Waals surface area contributed by atoms with Gasteiger partial charge in [0.25, 0.3) is 0 Å². The van der Waals surface area contributed by atoms with Crippen molar-refractivity contribution in [1.29, 1.82) is 0 Å². The van der Waals surface area contributed by atoms with E-state index in [0.717, 1.165) is 17.2 Å². The van der Waals surface area contributed by atoms with Gasteiger partial charge in [-0.25, -0.2) is 13.2 Å². The number of carboxylic acids is 1. The van der Waals surface area contributed by atoms with E-state index in [0.29, 0.717) is 11.1 Å². The summed E-state index contributed by atoms with van der Waals surface area (Å²) in [6, 6.07) is 13.6. The number of para-hydroxylation sites is 1. The van der Waals surface area contributed by atoms with Gasteiger partial charge < -0.3 is 10.1 Å². The van der Waals surface area contributed by atoms with Crippen LogP contribution in [0.3, 0.4) is 0 Å². The maximum atomic E-state index is 11.7. The molecule has 2 aromatic carbocycles. The summed E-state index contributed by atoms with van der Waals surface area (Å²) in [7, 11) is -3.30. The Morgan fingerprint density at radius 3 is 2.50 bits per heavy atom. The molecule has 2 N–H and O–H groups in total. The number of carbonyl (C=O) groups is 1. The fourth-order valence-electron chi connectivity index (χ4n) is 2.41. The Labute approximate surface area is 127 Å². The van der Waals surface area contributed by atoms with Gasteiger partial charge in [-0.15, -0.1) is 0 Å². The average molecular weight is 315 g/mol. The molecule has 0 spiro atoms. The van der Waals surface area contributed by atoms with Gasteiger partial charge in [-0.2, -0.15) is 0 Å². The summed E-state index contributed by atoms with van der Waals surface area (Å²) in [5.74, 6) is -1.04. The number of carboxylic acid groups (broad SMARTS) is 1. The lowest BCUT2D eigenvalue weighted by molar-refractivity contribution is 0.0691. The van der Waals surface area contributed by atoms with E-state index in [-0.39, 0.29) is 10.6 Å². The summed E-state index contributed by atoms with van der Waals surface area (Å²) in [5.41, 5.74) is 2.25. The predicted octanol–water partition coefficient (Wildman–Crippen LogP) is 2.94. The molecule has 0 saturated heterocycles. The van der Waals surface area contributed by atoms with Gasteiger partial charge in [-0.3, -0.25) is 0 Å². The van der Waals surface area contributed by atoms with Crippen molar-refractivity contribution in [2.24, 2.45) is 0 Å². The first-order valence-corrected chi connectivity index (χ1v) is 8.41. The van der Waals surface area contributed by atoms with Gasteiger partial charge in [0.05, 0.1) is 10.4 Å². The lowest BCUT2D eigenvalue weighted by Gasteiger charge is -2.06. The first-order chi connectivity index (χ1) is 10.4. The summed E-state index contributed by atoms with van der Waals surface area (Å²) in [6.07, 6.45) is 1.16. The van der Waals surface area contributed by atoms with Crippen LogP contribution in [0.5, 0.6) is 0 Å². The molecule has 0 atom stereocenters. The Morgan fingerprint density at radius 1 is 1.09 bits per heavy atom. The smallest absolute Gasteiger partial charge is 0.352 e. The quantitative estimate of drug-likeness (QED) is 0.778. The molecule has 0 radical (unpaired) electrons. The third kappa shape index (κ3) is 2.48. The Balaban J connectivity index is 2.24. The van der Waals surface area contributed by atoms with Crippen LogP contribution in [0.15, 0.2) is 53.4 Å². The van der Waals surface area contributed by atoms with E-state index < -0.39 is 15.8 Å². The van der Waals surface area contributed by atoms with Crippen LogP contribution in [-0.4, -0.2) is 30.7 Å². The normalized spacial score (nSPS) is 11.7. The molecule has 1 aromatic heterocycles. The highest BCUT2D eigenvalue weighted by molar-refractivity contribution is 7.90. The molecular weight excluding hydrogens is 302 g/mol. The lowest BCUT2D eigenvalue weighted by Crippen LogP contribution is -1.97. The molecule has 0 aliphatic heterocycles. The number of nitrogens with one attached hydrogen (secondary N) is 1. The second-order valence-corrected chi connectivity index (χ2v) is 7.07. The zero-order valence-electron chi connectivity index (χ0n) is 11.7. The zero-order chi connectivity index (χ0) is 15.9. The zero-order valence-corrected chi connectivity index (χ0v) is 12.5. The first kappa shape index (κ1) is 14.3. The van der Waals surface area contributed by atoms with Crippen molar-refractivity contribution < 1.29 is 18.3 Å². The number of rotatable bonds is 3. The molecule has 22 heavy (non-hydrogen) atoms. The highest BCUT2D eigenvalue weighted by atomic mass is 32.2. The lowest BCUT2D eigenvalue weighted by atomic mass is 10.0. The van der Waals surface area contributed by atoms with Crippen molar-refractivity contribution in [3.8, 4) is 11.1 Å². The van der Waals surface area contributed by atoms with E-state index >= 15 is 0 Å². The fraction of sp³-hybridized carbons (Fsp3) is 0.0625. The molecule has 112 valence electrons. The number of hydrogen-bond acceptors (Lipinski definition) is 3. The van der Waals surface area contributed by atoms with Gasteiger partial charge in [0.1, 0.15) is 5.69 Å². The van der Waals surface area contributed by atoms with Crippen LogP contribution in [0.25, 0.3) is 22.0 Å².